The number of aromatic nitrogens is 2. The first-order chi connectivity index (χ1) is 13.0. The molecule has 0 saturated carbocycles. The van der Waals surface area contributed by atoms with Gasteiger partial charge in [-0.15, -0.1) is 22.7 Å². The summed E-state index contributed by atoms with van der Waals surface area (Å²) in [6.45, 7) is 3.82. The second-order valence-corrected chi connectivity index (χ2v) is 7.56. The number of hydrogen-bond acceptors (Lipinski definition) is 7. The molecule has 27 heavy (non-hydrogen) atoms. The van der Waals surface area contributed by atoms with Crippen molar-refractivity contribution in [1.29, 1.82) is 0 Å². The second kappa shape index (κ2) is 8.36. The average molecular weight is 405 g/mol. The topological polar surface area (TPSA) is 81.2 Å². The molecule has 0 fully saturated rings. The fraction of sp³-hybridized carbons (Fsp3) is 0.222. The van der Waals surface area contributed by atoms with Gasteiger partial charge in [0, 0.05) is 5.38 Å². The number of amides is 1. The van der Waals surface area contributed by atoms with Gasteiger partial charge in [-0.3, -0.25) is 14.9 Å². The molecular formula is C18H16FN3O3S2. The summed E-state index contributed by atoms with van der Waals surface area (Å²) in [5.74, 6) is -1.19. The first-order valence-electron chi connectivity index (χ1n) is 8.11. The Morgan fingerprint density at radius 1 is 1.30 bits per heavy atom. The number of ether oxygens (including phenoxy) is 1. The van der Waals surface area contributed by atoms with Crippen LogP contribution in [0.15, 0.2) is 29.6 Å². The number of nitrogens with one attached hydrogen (secondary N) is 1. The van der Waals surface area contributed by atoms with Gasteiger partial charge in [0.25, 0.3) is 5.91 Å². The Morgan fingerprint density at radius 3 is 2.85 bits per heavy atom. The summed E-state index contributed by atoms with van der Waals surface area (Å²) >= 11 is 2.53. The van der Waals surface area contributed by atoms with Crippen molar-refractivity contribution in [3.05, 3.63) is 51.9 Å². The Kier molecular flexibility index (Phi) is 5.92. The average Bonchev–Trinajstić information content (AvgIpc) is 3.21. The lowest BCUT2D eigenvalue weighted by Gasteiger charge is -2.03. The van der Waals surface area contributed by atoms with Crippen molar-refractivity contribution in [2.45, 2.75) is 20.3 Å². The Balaban J connectivity index is 1.78. The van der Waals surface area contributed by atoms with E-state index in [4.69, 9.17) is 4.74 Å². The van der Waals surface area contributed by atoms with Crippen molar-refractivity contribution >= 4 is 39.7 Å². The third kappa shape index (κ3) is 4.75. The van der Waals surface area contributed by atoms with Gasteiger partial charge in [-0.2, -0.15) is 0 Å². The standard InChI is InChI=1S/C18H16FN3O3S2/c1-3-25-14(23)8-13-9-26-18(21-13)22-17(24)15-16(27-10(2)20-15)11-5-4-6-12(19)7-11/h4-7,9H,3,8H2,1-2H3,(H,21,22,24). The van der Waals surface area contributed by atoms with Gasteiger partial charge in [0.15, 0.2) is 5.13 Å². The van der Waals surface area contributed by atoms with E-state index in [0.29, 0.717) is 32.9 Å². The van der Waals surface area contributed by atoms with Crippen LogP contribution in [0.3, 0.4) is 0 Å². The van der Waals surface area contributed by atoms with Crippen molar-refractivity contribution in [2.75, 3.05) is 11.9 Å². The maximum absolute atomic E-state index is 13.5. The lowest BCUT2D eigenvalue weighted by atomic mass is 10.1. The molecule has 9 heteroatoms. The fourth-order valence-electron chi connectivity index (χ4n) is 2.37. The number of carbonyl (C=O) groups excluding carboxylic acids is 2. The van der Waals surface area contributed by atoms with Crippen LogP contribution in [0, 0.1) is 12.7 Å². The molecule has 0 aliphatic carbocycles. The van der Waals surface area contributed by atoms with E-state index in [2.05, 4.69) is 15.3 Å². The summed E-state index contributed by atoms with van der Waals surface area (Å²) in [6, 6.07) is 6.03. The molecule has 0 atom stereocenters. The van der Waals surface area contributed by atoms with Crippen LogP contribution >= 0.6 is 22.7 Å². The summed E-state index contributed by atoms with van der Waals surface area (Å²) < 4.78 is 18.4. The third-order valence-corrected chi connectivity index (χ3v) is 5.27. The number of hydrogen-bond donors (Lipinski definition) is 1. The molecule has 3 aromatic rings. The predicted octanol–water partition coefficient (Wildman–Crippen LogP) is 4.07. The molecule has 1 amide bonds. The molecule has 0 aliphatic heterocycles. The Morgan fingerprint density at radius 2 is 2.11 bits per heavy atom. The molecule has 0 unspecified atom stereocenters. The minimum Gasteiger partial charge on any atom is -0.466 e. The molecule has 1 aromatic carbocycles. The highest BCUT2D eigenvalue weighted by Crippen LogP contribution is 2.31. The largest absolute Gasteiger partial charge is 0.466 e. The fourth-order valence-corrected chi connectivity index (χ4v) is 3.99. The number of rotatable bonds is 6. The van der Waals surface area contributed by atoms with E-state index in [1.165, 1.54) is 34.8 Å². The number of nitrogens with zero attached hydrogens (tertiary/aromatic N) is 2. The van der Waals surface area contributed by atoms with Crippen molar-refractivity contribution in [1.82, 2.24) is 9.97 Å². The molecule has 1 N–H and O–H groups in total. The summed E-state index contributed by atoms with van der Waals surface area (Å²) in [4.78, 5) is 33.3. The van der Waals surface area contributed by atoms with Gasteiger partial charge in [-0.05, 0) is 31.5 Å². The minimum atomic E-state index is -0.435. The summed E-state index contributed by atoms with van der Waals surface area (Å²) in [5, 5.41) is 5.43. The highest BCUT2D eigenvalue weighted by molar-refractivity contribution is 7.15. The number of esters is 1. The number of carbonyl (C=O) groups is 2. The predicted molar refractivity (Wildman–Crippen MR) is 103 cm³/mol. The van der Waals surface area contributed by atoms with Crippen molar-refractivity contribution in [3.8, 4) is 10.4 Å². The number of anilines is 1. The van der Waals surface area contributed by atoms with E-state index in [9.17, 15) is 14.0 Å². The monoisotopic (exact) mass is 405 g/mol. The SMILES string of the molecule is CCOC(=O)Cc1csc(NC(=O)c2nc(C)sc2-c2cccc(F)c2)n1. The van der Waals surface area contributed by atoms with Gasteiger partial charge < -0.3 is 4.74 Å². The summed E-state index contributed by atoms with van der Waals surface area (Å²) in [5.41, 5.74) is 1.33. The zero-order valence-electron chi connectivity index (χ0n) is 14.6. The number of thiazole rings is 2. The van der Waals surface area contributed by atoms with E-state index in [0.717, 1.165) is 0 Å². The Hall–Kier alpha value is -2.65. The van der Waals surface area contributed by atoms with Crippen LogP contribution in [0.1, 0.15) is 28.1 Å². The van der Waals surface area contributed by atoms with Crippen LogP contribution in [-0.4, -0.2) is 28.5 Å². The minimum absolute atomic E-state index is 0.0462. The van der Waals surface area contributed by atoms with Gasteiger partial charge in [-0.1, -0.05) is 12.1 Å². The van der Waals surface area contributed by atoms with Gasteiger partial charge in [0.1, 0.15) is 11.5 Å². The number of benzene rings is 1. The summed E-state index contributed by atoms with van der Waals surface area (Å²) in [7, 11) is 0. The summed E-state index contributed by atoms with van der Waals surface area (Å²) in [6.07, 6.45) is 0.0462. The van der Waals surface area contributed by atoms with Gasteiger partial charge >= 0.3 is 5.97 Å². The molecule has 0 bridgehead atoms. The first-order valence-corrected chi connectivity index (χ1v) is 9.80. The molecule has 2 heterocycles. The Bertz CT molecular complexity index is 984. The molecule has 140 valence electrons. The van der Waals surface area contributed by atoms with Crippen LogP contribution < -0.4 is 5.32 Å². The van der Waals surface area contributed by atoms with E-state index < -0.39 is 5.91 Å². The van der Waals surface area contributed by atoms with E-state index >= 15 is 0 Å². The van der Waals surface area contributed by atoms with Gasteiger partial charge in [-0.25, -0.2) is 14.4 Å². The highest BCUT2D eigenvalue weighted by Gasteiger charge is 2.20. The lowest BCUT2D eigenvalue weighted by molar-refractivity contribution is -0.142. The van der Waals surface area contributed by atoms with Gasteiger partial charge in [0.05, 0.1) is 28.6 Å². The van der Waals surface area contributed by atoms with Gasteiger partial charge in [0.2, 0.25) is 0 Å². The highest BCUT2D eigenvalue weighted by atomic mass is 32.1. The third-order valence-electron chi connectivity index (χ3n) is 3.44. The van der Waals surface area contributed by atoms with Crippen LogP contribution in [0.5, 0.6) is 0 Å². The zero-order valence-corrected chi connectivity index (χ0v) is 16.2. The van der Waals surface area contributed by atoms with Crippen LogP contribution in [-0.2, 0) is 16.0 Å². The molecule has 6 nitrogen and oxygen atoms in total. The molecule has 0 aliphatic rings. The van der Waals surface area contributed by atoms with E-state index in [1.807, 2.05) is 0 Å². The molecule has 2 aromatic heterocycles. The maximum atomic E-state index is 13.5. The lowest BCUT2D eigenvalue weighted by Crippen LogP contribution is -2.13. The van der Waals surface area contributed by atoms with Crippen molar-refractivity contribution in [3.63, 3.8) is 0 Å². The normalized spacial score (nSPS) is 10.6. The molecule has 0 saturated heterocycles. The zero-order chi connectivity index (χ0) is 19.4. The molecule has 0 spiro atoms. The van der Waals surface area contributed by atoms with Crippen LogP contribution in [0.2, 0.25) is 0 Å². The van der Waals surface area contributed by atoms with Crippen molar-refractivity contribution in [2.24, 2.45) is 0 Å². The molecular weight excluding hydrogens is 389 g/mol. The quantitative estimate of drug-likeness (QED) is 0.625. The maximum Gasteiger partial charge on any atom is 0.311 e. The number of halogens is 1. The number of aryl methyl sites for hydroxylation is 1. The Labute approximate surface area is 163 Å². The van der Waals surface area contributed by atoms with Crippen LogP contribution in [0.25, 0.3) is 10.4 Å². The van der Waals surface area contributed by atoms with Crippen LogP contribution in [0.4, 0.5) is 9.52 Å². The van der Waals surface area contributed by atoms with Crippen molar-refractivity contribution < 1.29 is 18.7 Å². The smallest absolute Gasteiger partial charge is 0.311 e. The second-order valence-electron chi connectivity index (χ2n) is 5.50. The van der Waals surface area contributed by atoms with E-state index in [-0.39, 0.29) is 23.9 Å². The molecule has 3 rings (SSSR count). The first kappa shape index (κ1) is 19.1. The van der Waals surface area contributed by atoms with E-state index in [1.54, 1.807) is 31.4 Å². The molecule has 0 radical (unpaired) electrons.